The molecule has 0 aliphatic carbocycles. The molecule has 0 aliphatic rings. The first-order valence-corrected chi connectivity index (χ1v) is 5.59. The second-order valence-corrected chi connectivity index (χ2v) is 4.37. The third kappa shape index (κ3) is 3.93. The van der Waals surface area contributed by atoms with Crippen molar-refractivity contribution in [3.63, 3.8) is 0 Å². The molecular weight excluding hydrogens is 200 g/mol. The Kier molecular flexibility index (Phi) is 4.35. The number of benzene rings is 1. The van der Waals surface area contributed by atoms with Crippen LogP contribution in [0.25, 0.3) is 0 Å². The van der Waals surface area contributed by atoms with Gasteiger partial charge < -0.3 is 10.6 Å². The average Bonchev–Trinajstić information content (AvgIpc) is 2.19. The number of carbonyl (C=O) groups excluding carboxylic acids is 1. The minimum absolute atomic E-state index is 0.0215. The van der Waals surface area contributed by atoms with Crippen LogP contribution in [0.3, 0.4) is 0 Å². The van der Waals surface area contributed by atoms with Crippen LogP contribution >= 0.6 is 0 Å². The van der Waals surface area contributed by atoms with Crippen LogP contribution in [0.5, 0.6) is 0 Å². The second-order valence-electron chi connectivity index (χ2n) is 4.37. The number of nitrogens with one attached hydrogen (secondary N) is 2. The first-order chi connectivity index (χ1) is 7.49. The summed E-state index contributed by atoms with van der Waals surface area (Å²) in [7, 11) is 0. The van der Waals surface area contributed by atoms with Gasteiger partial charge in [0.05, 0.1) is 6.54 Å². The molecule has 16 heavy (non-hydrogen) atoms. The lowest BCUT2D eigenvalue weighted by Gasteiger charge is -2.11. The standard InChI is InChI=1S/C13H20N2O/c1-9(2)15-13(16)8-14-12-6-5-10(3)11(4)7-12/h5-7,9,14H,8H2,1-4H3,(H,15,16). The summed E-state index contributed by atoms with van der Waals surface area (Å²) < 4.78 is 0. The summed E-state index contributed by atoms with van der Waals surface area (Å²) >= 11 is 0. The molecule has 0 bridgehead atoms. The maximum Gasteiger partial charge on any atom is 0.239 e. The summed E-state index contributed by atoms with van der Waals surface area (Å²) in [5.41, 5.74) is 3.48. The summed E-state index contributed by atoms with van der Waals surface area (Å²) in [6.45, 7) is 8.36. The summed E-state index contributed by atoms with van der Waals surface area (Å²) in [5, 5.41) is 5.94. The van der Waals surface area contributed by atoms with Gasteiger partial charge in [0, 0.05) is 11.7 Å². The highest BCUT2D eigenvalue weighted by molar-refractivity contribution is 5.80. The first-order valence-electron chi connectivity index (χ1n) is 5.59. The number of rotatable bonds is 4. The van der Waals surface area contributed by atoms with Gasteiger partial charge in [-0.05, 0) is 51.0 Å². The monoisotopic (exact) mass is 220 g/mol. The smallest absolute Gasteiger partial charge is 0.239 e. The zero-order valence-electron chi connectivity index (χ0n) is 10.4. The largest absolute Gasteiger partial charge is 0.376 e. The molecule has 0 aromatic heterocycles. The van der Waals surface area contributed by atoms with E-state index in [0.717, 1.165) is 5.69 Å². The van der Waals surface area contributed by atoms with Gasteiger partial charge in [0.15, 0.2) is 0 Å². The van der Waals surface area contributed by atoms with Crippen molar-refractivity contribution < 1.29 is 4.79 Å². The fourth-order valence-corrected chi connectivity index (χ4v) is 1.41. The number of aryl methyl sites for hydroxylation is 2. The predicted octanol–water partition coefficient (Wildman–Crippen LogP) is 2.24. The van der Waals surface area contributed by atoms with Crippen LogP contribution in [-0.4, -0.2) is 18.5 Å². The molecule has 1 aromatic carbocycles. The van der Waals surface area contributed by atoms with Gasteiger partial charge in [-0.3, -0.25) is 4.79 Å². The number of carbonyl (C=O) groups is 1. The van der Waals surface area contributed by atoms with E-state index in [1.165, 1.54) is 11.1 Å². The second kappa shape index (κ2) is 5.54. The SMILES string of the molecule is Cc1ccc(NCC(=O)NC(C)C)cc1C. The third-order valence-corrected chi connectivity index (χ3v) is 2.41. The number of hydrogen-bond acceptors (Lipinski definition) is 2. The summed E-state index contributed by atoms with van der Waals surface area (Å²) in [5.74, 6) is 0.0215. The Morgan fingerprint density at radius 2 is 1.94 bits per heavy atom. The maximum atomic E-state index is 11.4. The molecule has 0 aliphatic heterocycles. The molecule has 3 heteroatoms. The quantitative estimate of drug-likeness (QED) is 0.817. The van der Waals surface area contributed by atoms with Gasteiger partial charge in [-0.1, -0.05) is 6.07 Å². The van der Waals surface area contributed by atoms with Gasteiger partial charge in [0.25, 0.3) is 0 Å². The zero-order chi connectivity index (χ0) is 12.1. The lowest BCUT2D eigenvalue weighted by Crippen LogP contribution is -2.34. The molecule has 0 fully saturated rings. The molecule has 3 nitrogen and oxygen atoms in total. The van der Waals surface area contributed by atoms with E-state index in [2.05, 4.69) is 36.6 Å². The van der Waals surface area contributed by atoms with Crippen LogP contribution in [0.2, 0.25) is 0 Å². The molecule has 2 N–H and O–H groups in total. The van der Waals surface area contributed by atoms with Crippen LogP contribution in [0.1, 0.15) is 25.0 Å². The molecule has 0 radical (unpaired) electrons. The van der Waals surface area contributed by atoms with Crippen molar-refractivity contribution in [2.75, 3.05) is 11.9 Å². The Hall–Kier alpha value is -1.51. The van der Waals surface area contributed by atoms with Crippen molar-refractivity contribution in [1.82, 2.24) is 5.32 Å². The van der Waals surface area contributed by atoms with Crippen LogP contribution < -0.4 is 10.6 Å². The summed E-state index contributed by atoms with van der Waals surface area (Å²) in [6.07, 6.45) is 0. The van der Waals surface area contributed by atoms with Gasteiger partial charge in [-0.2, -0.15) is 0 Å². The van der Waals surface area contributed by atoms with E-state index in [1.807, 2.05) is 19.9 Å². The topological polar surface area (TPSA) is 41.1 Å². The van der Waals surface area contributed by atoms with E-state index < -0.39 is 0 Å². The van der Waals surface area contributed by atoms with Crippen molar-refractivity contribution in [3.8, 4) is 0 Å². The van der Waals surface area contributed by atoms with E-state index in [-0.39, 0.29) is 11.9 Å². The molecular formula is C13H20N2O. The highest BCUT2D eigenvalue weighted by atomic mass is 16.1. The summed E-state index contributed by atoms with van der Waals surface area (Å²) in [6, 6.07) is 6.29. The molecule has 0 saturated heterocycles. The van der Waals surface area contributed by atoms with Crippen LogP contribution in [0.4, 0.5) is 5.69 Å². The van der Waals surface area contributed by atoms with E-state index in [0.29, 0.717) is 6.54 Å². The summed E-state index contributed by atoms with van der Waals surface area (Å²) in [4.78, 5) is 11.4. The highest BCUT2D eigenvalue weighted by Crippen LogP contribution is 2.13. The van der Waals surface area contributed by atoms with Gasteiger partial charge in [-0.15, -0.1) is 0 Å². The normalized spacial score (nSPS) is 10.3. The molecule has 1 aromatic rings. The van der Waals surface area contributed by atoms with Crippen molar-refractivity contribution in [2.24, 2.45) is 0 Å². The lowest BCUT2D eigenvalue weighted by molar-refractivity contribution is -0.119. The zero-order valence-corrected chi connectivity index (χ0v) is 10.4. The molecule has 0 atom stereocenters. The third-order valence-electron chi connectivity index (χ3n) is 2.41. The van der Waals surface area contributed by atoms with Crippen LogP contribution in [-0.2, 0) is 4.79 Å². The molecule has 0 heterocycles. The highest BCUT2D eigenvalue weighted by Gasteiger charge is 2.02. The van der Waals surface area contributed by atoms with Crippen LogP contribution in [0, 0.1) is 13.8 Å². The van der Waals surface area contributed by atoms with Crippen molar-refractivity contribution in [3.05, 3.63) is 29.3 Å². The Morgan fingerprint density at radius 3 is 2.50 bits per heavy atom. The maximum absolute atomic E-state index is 11.4. The first kappa shape index (κ1) is 12.6. The number of anilines is 1. The minimum atomic E-state index is 0.0215. The van der Waals surface area contributed by atoms with Crippen LogP contribution in [0.15, 0.2) is 18.2 Å². The number of hydrogen-bond donors (Lipinski definition) is 2. The Morgan fingerprint density at radius 1 is 1.25 bits per heavy atom. The van der Waals surface area contributed by atoms with Gasteiger partial charge in [0.2, 0.25) is 5.91 Å². The lowest BCUT2D eigenvalue weighted by atomic mass is 10.1. The Balaban J connectivity index is 2.48. The van der Waals surface area contributed by atoms with Gasteiger partial charge in [-0.25, -0.2) is 0 Å². The molecule has 0 unspecified atom stereocenters. The van der Waals surface area contributed by atoms with Crippen molar-refractivity contribution in [2.45, 2.75) is 33.7 Å². The molecule has 88 valence electrons. The fraction of sp³-hybridized carbons (Fsp3) is 0.462. The Labute approximate surface area is 97.2 Å². The fourth-order valence-electron chi connectivity index (χ4n) is 1.41. The van der Waals surface area contributed by atoms with Crippen molar-refractivity contribution >= 4 is 11.6 Å². The molecule has 1 amide bonds. The average molecular weight is 220 g/mol. The van der Waals surface area contributed by atoms with E-state index in [4.69, 9.17) is 0 Å². The molecule has 1 rings (SSSR count). The Bertz CT molecular complexity index is 372. The predicted molar refractivity (Wildman–Crippen MR) is 67.7 cm³/mol. The minimum Gasteiger partial charge on any atom is -0.376 e. The van der Waals surface area contributed by atoms with E-state index in [1.54, 1.807) is 0 Å². The van der Waals surface area contributed by atoms with Gasteiger partial charge in [0.1, 0.15) is 0 Å². The van der Waals surface area contributed by atoms with Gasteiger partial charge >= 0.3 is 0 Å². The molecule has 0 saturated carbocycles. The molecule has 0 spiro atoms. The number of amides is 1. The van der Waals surface area contributed by atoms with E-state index in [9.17, 15) is 4.79 Å². The van der Waals surface area contributed by atoms with Crippen molar-refractivity contribution in [1.29, 1.82) is 0 Å². The van der Waals surface area contributed by atoms with E-state index >= 15 is 0 Å².